The van der Waals surface area contributed by atoms with Gasteiger partial charge in [0.15, 0.2) is 0 Å². The van der Waals surface area contributed by atoms with Crippen LogP contribution in [0.2, 0.25) is 0 Å². The molecule has 0 bridgehead atoms. The number of carbonyl (C=O) groups excluding carboxylic acids is 1. The monoisotopic (exact) mass is 513 g/mol. The number of hydrogen-bond acceptors (Lipinski definition) is 7. The van der Waals surface area contributed by atoms with Gasteiger partial charge >= 0.3 is 0 Å². The molecule has 2 saturated heterocycles. The fraction of sp³-hybridized carbons (Fsp3) is 0.538. The third kappa shape index (κ3) is 5.32. The van der Waals surface area contributed by atoms with Gasteiger partial charge in [-0.2, -0.15) is 0 Å². The molecular formula is C26H35N5O2S2. The minimum atomic E-state index is -0.206. The van der Waals surface area contributed by atoms with E-state index in [0.717, 1.165) is 24.8 Å². The first kappa shape index (κ1) is 25.9. The van der Waals surface area contributed by atoms with E-state index in [2.05, 4.69) is 38.3 Å². The molecule has 0 spiro atoms. The number of thioether (sulfide) groups is 1. The molecule has 2 aromatic rings. The molecule has 4 heterocycles. The summed E-state index contributed by atoms with van der Waals surface area (Å²) in [4.78, 5) is 33.9. The number of anilines is 1. The second-order valence-corrected chi connectivity index (χ2v) is 12.7. The zero-order chi connectivity index (χ0) is 25.7. The fourth-order valence-corrected chi connectivity index (χ4v) is 6.73. The lowest BCUT2D eigenvalue weighted by Gasteiger charge is -2.46. The molecule has 35 heavy (non-hydrogen) atoms. The number of hydrogen-bond donors (Lipinski definition) is 2. The Hall–Kier alpha value is -2.23. The summed E-state index contributed by atoms with van der Waals surface area (Å²) in [6, 6.07) is 3.91. The predicted octanol–water partition coefficient (Wildman–Crippen LogP) is 4.72. The first-order valence-electron chi connectivity index (χ1n) is 12.2. The van der Waals surface area contributed by atoms with Crippen LogP contribution < -0.4 is 16.2 Å². The lowest BCUT2D eigenvalue weighted by Crippen LogP contribution is -2.60. The van der Waals surface area contributed by atoms with Crippen molar-refractivity contribution in [3.05, 3.63) is 44.7 Å². The molecule has 2 aromatic heterocycles. The van der Waals surface area contributed by atoms with Gasteiger partial charge in [-0.05, 0) is 78.5 Å². The Kier molecular flexibility index (Phi) is 6.89. The Morgan fingerprint density at radius 2 is 1.91 bits per heavy atom. The van der Waals surface area contributed by atoms with E-state index in [1.165, 1.54) is 11.8 Å². The van der Waals surface area contributed by atoms with E-state index < -0.39 is 0 Å². The maximum Gasteiger partial charge on any atom is 0.267 e. The summed E-state index contributed by atoms with van der Waals surface area (Å²) in [6.45, 7) is 14.7. The lowest BCUT2D eigenvalue weighted by atomic mass is 9.79. The second-order valence-electron chi connectivity index (χ2n) is 11.1. The summed E-state index contributed by atoms with van der Waals surface area (Å²) in [7, 11) is 0. The molecule has 1 amide bonds. The van der Waals surface area contributed by atoms with E-state index in [-0.39, 0.29) is 34.6 Å². The molecule has 2 aliphatic heterocycles. The summed E-state index contributed by atoms with van der Waals surface area (Å²) in [6.07, 6.45) is 6.01. The molecule has 188 valence electrons. The molecule has 0 aromatic carbocycles. The standard InChI is InChI=1S/C26H35N5O2S2/c1-8-16(3)31-23(33)19(35-24(31)34)11-18-21(27-17-12-25(4,5)29-26(6,7)13-17)28-20-10-9-15(2)14-30(20)22(18)32/h9-11,14,16-17,27,29H,8,12-13H2,1-7H3. The van der Waals surface area contributed by atoms with Crippen LogP contribution in [0.3, 0.4) is 0 Å². The average molecular weight is 514 g/mol. The van der Waals surface area contributed by atoms with Crippen molar-refractivity contribution >= 4 is 51.7 Å². The van der Waals surface area contributed by atoms with Crippen LogP contribution >= 0.6 is 24.0 Å². The van der Waals surface area contributed by atoms with Gasteiger partial charge in [0.25, 0.3) is 11.5 Å². The summed E-state index contributed by atoms with van der Waals surface area (Å²) in [5, 5.41) is 7.27. The van der Waals surface area contributed by atoms with Crippen molar-refractivity contribution in [1.82, 2.24) is 19.6 Å². The number of carbonyl (C=O) groups is 1. The van der Waals surface area contributed by atoms with E-state index in [1.807, 2.05) is 32.9 Å². The largest absolute Gasteiger partial charge is 0.366 e. The van der Waals surface area contributed by atoms with Gasteiger partial charge in [-0.3, -0.25) is 18.9 Å². The van der Waals surface area contributed by atoms with Crippen molar-refractivity contribution < 1.29 is 4.79 Å². The summed E-state index contributed by atoms with van der Waals surface area (Å²) >= 11 is 6.75. The van der Waals surface area contributed by atoms with Gasteiger partial charge < -0.3 is 10.6 Å². The van der Waals surface area contributed by atoms with Crippen LogP contribution in [0.15, 0.2) is 28.0 Å². The Morgan fingerprint density at radius 3 is 2.54 bits per heavy atom. The first-order valence-corrected chi connectivity index (χ1v) is 13.4. The highest BCUT2D eigenvalue weighted by molar-refractivity contribution is 8.26. The molecule has 2 fully saturated rings. The van der Waals surface area contributed by atoms with Crippen molar-refractivity contribution in [1.29, 1.82) is 0 Å². The number of rotatable bonds is 5. The van der Waals surface area contributed by atoms with E-state index >= 15 is 0 Å². The van der Waals surface area contributed by atoms with Crippen LogP contribution in [0.25, 0.3) is 11.7 Å². The van der Waals surface area contributed by atoms with Gasteiger partial charge in [0, 0.05) is 29.4 Å². The third-order valence-corrected chi connectivity index (χ3v) is 8.00. The molecule has 2 aliphatic rings. The van der Waals surface area contributed by atoms with Crippen LogP contribution in [0, 0.1) is 6.92 Å². The summed E-state index contributed by atoms with van der Waals surface area (Å²) in [5.74, 6) is 0.351. The average Bonchev–Trinajstić information content (AvgIpc) is 3.01. The first-order chi connectivity index (χ1) is 16.3. The summed E-state index contributed by atoms with van der Waals surface area (Å²) in [5.41, 5.74) is 1.56. The van der Waals surface area contributed by atoms with Gasteiger partial charge in [-0.25, -0.2) is 4.98 Å². The molecule has 7 nitrogen and oxygen atoms in total. The van der Waals surface area contributed by atoms with Gasteiger partial charge in [-0.1, -0.05) is 37.0 Å². The zero-order valence-corrected chi connectivity index (χ0v) is 23.2. The lowest BCUT2D eigenvalue weighted by molar-refractivity contribution is -0.123. The van der Waals surface area contributed by atoms with Gasteiger partial charge in [0.2, 0.25) is 0 Å². The number of piperidine rings is 1. The minimum absolute atomic E-state index is 0.00340. The van der Waals surface area contributed by atoms with Crippen molar-refractivity contribution in [2.45, 2.75) is 90.9 Å². The SMILES string of the molecule is CCC(C)N1C(=O)C(=Cc2c(NC3CC(C)(C)NC(C)(C)C3)nc3ccc(C)cn3c2=O)SC1=S. The molecule has 9 heteroatoms. The van der Waals surface area contributed by atoms with Crippen LogP contribution in [0.1, 0.15) is 71.9 Å². The Balaban J connectivity index is 1.82. The highest BCUT2D eigenvalue weighted by Gasteiger charge is 2.39. The third-order valence-electron chi connectivity index (χ3n) is 6.67. The van der Waals surface area contributed by atoms with E-state index in [0.29, 0.717) is 26.3 Å². The highest BCUT2D eigenvalue weighted by atomic mass is 32.2. The maximum absolute atomic E-state index is 13.7. The molecule has 0 aliphatic carbocycles. The molecule has 1 unspecified atom stereocenters. The van der Waals surface area contributed by atoms with E-state index in [4.69, 9.17) is 17.2 Å². The van der Waals surface area contributed by atoms with Crippen molar-refractivity contribution in [3.8, 4) is 0 Å². The van der Waals surface area contributed by atoms with Crippen molar-refractivity contribution in [3.63, 3.8) is 0 Å². The molecule has 1 atom stereocenters. The Labute approximate surface area is 216 Å². The van der Waals surface area contributed by atoms with Crippen LogP contribution in [-0.4, -0.2) is 47.7 Å². The van der Waals surface area contributed by atoms with Gasteiger partial charge in [0.05, 0.1) is 10.5 Å². The quantitative estimate of drug-likeness (QED) is 0.442. The second kappa shape index (κ2) is 9.33. The number of amides is 1. The van der Waals surface area contributed by atoms with Crippen LogP contribution in [0.4, 0.5) is 5.82 Å². The zero-order valence-electron chi connectivity index (χ0n) is 21.6. The molecular weight excluding hydrogens is 478 g/mol. The molecule has 2 N–H and O–H groups in total. The van der Waals surface area contributed by atoms with Gasteiger partial charge in [0.1, 0.15) is 15.8 Å². The highest BCUT2D eigenvalue weighted by Crippen LogP contribution is 2.36. The van der Waals surface area contributed by atoms with E-state index in [9.17, 15) is 9.59 Å². The number of nitrogens with one attached hydrogen (secondary N) is 2. The Bertz CT molecular complexity index is 1260. The minimum Gasteiger partial charge on any atom is -0.366 e. The topological polar surface area (TPSA) is 78.7 Å². The van der Waals surface area contributed by atoms with E-state index in [1.54, 1.807) is 21.6 Å². The maximum atomic E-state index is 13.7. The molecule has 0 saturated carbocycles. The molecule has 4 rings (SSSR count). The fourth-order valence-electron chi connectivity index (χ4n) is 5.29. The number of aryl methyl sites for hydroxylation is 1. The normalized spacial score (nSPS) is 22.3. The van der Waals surface area contributed by atoms with Crippen LogP contribution in [0.5, 0.6) is 0 Å². The number of nitrogens with zero attached hydrogens (tertiary/aromatic N) is 3. The molecule has 0 radical (unpaired) electrons. The van der Waals surface area contributed by atoms with Crippen molar-refractivity contribution in [2.24, 2.45) is 0 Å². The predicted molar refractivity (Wildman–Crippen MR) is 149 cm³/mol. The smallest absolute Gasteiger partial charge is 0.267 e. The number of aromatic nitrogens is 2. The number of pyridine rings is 1. The summed E-state index contributed by atoms with van der Waals surface area (Å²) < 4.78 is 2.08. The number of fused-ring (bicyclic) bond motifs is 1. The van der Waals surface area contributed by atoms with Crippen LogP contribution in [-0.2, 0) is 4.79 Å². The van der Waals surface area contributed by atoms with Gasteiger partial charge in [-0.15, -0.1) is 0 Å². The van der Waals surface area contributed by atoms with Crippen molar-refractivity contribution in [2.75, 3.05) is 5.32 Å². The number of thiocarbonyl (C=S) groups is 1. The Morgan fingerprint density at radius 1 is 1.26 bits per heavy atom.